The zero-order valence-electron chi connectivity index (χ0n) is 8.70. The van der Waals surface area contributed by atoms with Crippen LogP contribution in [-0.2, 0) is 12.1 Å². The Labute approximate surface area is 103 Å². The van der Waals surface area contributed by atoms with E-state index < -0.39 is 10.5 Å². The molecule has 1 aliphatic heterocycles. The standard InChI is InChI=1S/C11H11ClN2OS/c1-10-5-6-4-7(12)2-3-8(6)11(10,15)14-9(13)16-10/h2-4,15H,5H2,1H3,(H2,13,14). The van der Waals surface area contributed by atoms with Gasteiger partial charge in [-0.25, -0.2) is 4.99 Å². The second-order valence-electron chi connectivity index (χ2n) is 4.43. The first-order valence-electron chi connectivity index (χ1n) is 5.00. The fourth-order valence-corrected chi connectivity index (χ4v) is 3.88. The van der Waals surface area contributed by atoms with Crippen molar-refractivity contribution in [2.24, 2.45) is 10.7 Å². The first kappa shape index (κ1) is 10.4. The first-order chi connectivity index (χ1) is 7.45. The van der Waals surface area contributed by atoms with Crippen molar-refractivity contribution in [3.8, 4) is 0 Å². The quantitative estimate of drug-likeness (QED) is 0.743. The van der Waals surface area contributed by atoms with Gasteiger partial charge in [0.2, 0.25) is 5.72 Å². The molecular weight excluding hydrogens is 244 g/mol. The van der Waals surface area contributed by atoms with Crippen molar-refractivity contribution in [3.63, 3.8) is 0 Å². The number of thioether (sulfide) groups is 1. The number of fused-ring (bicyclic) bond motifs is 3. The molecular formula is C11H11ClN2OS. The summed E-state index contributed by atoms with van der Waals surface area (Å²) in [6, 6.07) is 5.51. The SMILES string of the molecule is CC12Cc3cc(Cl)ccc3C1(O)N=C(N)S2. The molecule has 3 nitrogen and oxygen atoms in total. The molecule has 3 N–H and O–H groups in total. The summed E-state index contributed by atoms with van der Waals surface area (Å²) >= 11 is 7.38. The normalized spacial score (nSPS) is 35.8. The van der Waals surface area contributed by atoms with E-state index in [0.29, 0.717) is 10.2 Å². The van der Waals surface area contributed by atoms with Crippen LogP contribution in [0.3, 0.4) is 0 Å². The Morgan fingerprint density at radius 3 is 3.06 bits per heavy atom. The summed E-state index contributed by atoms with van der Waals surface area (Å²) in [7, 11) is 0. The van der Waals surface area contributed by atoms with E-state index in [1.807, 2.05) is 19.1 Å². The highest BCUT2D eigenvalue weighted by molar-refractivity contribution is 8.15. The lowest BCUT2D eigenvalue weighted by Crippen LogP contribution is -2.39. The van der Waals surface area contributed by atoms with E-state index in [2.05, 4.69) is 4.99 Å². The third-order valence-electron chi connectivity index (χ3n) is 3.31. The number of amidine groups is 1. The third-order valence-corrected chi connectivity index (χ3v) is 4.72. The van der Waals surface area contributed by atoms with Gasteiger partial charge in [-0.1, -0.05) is 29.4 Å². The van der Waals surface area contributed by atoms with E-state index in [4.69, 9.17) is 17.3 Å². The molecule has 1 heterocycles. The number of hydrogen-bond acceptors (Lipinski definition) is 4. The van der Waals surface area contributed by atoms with E-state index in [9.17, 15) is 5.11 Å². The Balaban J connectivity index is 2.23. The topological polar surface area (TPSA) is 58.6 Å². The van der Waals surface area contributed by atoms with Crippen molar-refractivity contribution in [3.05, 3.63) is 34.3 Å². The molecule has 0 amide bonds. The van der Waals surface area contributed by atoms with E-state index in [1.165, 1.54) is 11.8 Å². The lowest BCUT2D eigenvalue weighted by atomic mass is 9.98. The van der Waals surface area contributed by atoms with Crippen LogP contribution in [0.1, 0.15) is 18.1 Å². The van der Waals surface area contributed by atoms with E-state index in [-0.39, 0.29) is 0 Å². The summed E-state index contributed by atoms with van der Waals surface area (Å²) in [6.07, 6.45) is 0.730. The molecule has 2 atom stereocenters. The van der Waals surface area contributed by atoms with Gasteiger partial charge in [0.05, 0.1) is 4.75 Å². The Morgan fingerprint density at radius 1 is 1.56 bits per heavy atom. The summed E-state index contributed by atoms with van der Waals surface area (Å²) in [5.41, 5.74) is 6.40. The molecule has 0 saturated heterocycles. The highest BCUT2D eigenvalue weighted by Crippen LogP contribution is 2.56. The predicted molar refractivity (Wildman–Crippen MR) is 66.7 cm³/mol. The summed E-state index contributed by atoms with van der Waals surface area (Å²) in [6.45, 7) is 1.98. The van der Waals surface area contributed by atoms with Crippen LogP contribution in [0.2, 0.25) is 5.02 Å². The van der Waals surface area contributed by atoms with Crippen LogP contribution in [-0.4, -0.2) is 15.0 Å². The monoisotopic (exact) mass is 254 g/mol. The van der Waals surface area contributed by atoms with Gasteiger partial charge < -0.3 is 10.8 Å². The lowest BCUT2D eigenvalue weighted by molar-refractivity contribution is 0.0256. The van der Waals surface area contributed by atoms with E-state index in [1.54, 1.807) is 6.07 Å². The average molecular weight is 255 g/mol. The predicted octanol–water partition coefficient (Wildman–Crippen LogP) is 1.86. The van der Waals surface area contributed by atoms with Crippen LogP contribution in [0.25, 0.3) is 0 Å². The van der Waals surface area contributed by atoms with Crippen molar-refractivity contribution in [2.45, 2.75) is 23.8 Å². The molecule has 2 unspecified atom stereocenters. The minimum atomic E-state index is -1.19. The molecule has 0 aromatic heterocycles. The number of aliphatic imine (C=N–C) groups is 1. The average Bonchev–Trinajstić information content (AvgIpc) is 2.47. The molecule has 0 bridgehead atoms. The fourth-order valence-electron chi connectivity index (χ4n) is 2.52. The van der Waals surface area contributed by atoms with Crippen molar-refractivity contribution < 1.29 is 5.11 Å². The Kier molecular flexibility index (Phi) is 1.92. The van der Waals surface area contributed by atoms with E-state index in [0.717, 1.165) is 17.5 Å². The summed E-state index contributed by atoms with van der Waals surface area (Å²) < 4.78 is -0.399. The van der Waals surface area contributed by atoms with Gasteiger partial charge in [-0.05, 0) is 31.0 Å². The van der Waals surface area contributed by atoms with Crippen LogP contribution in [0.5, 0.6) is 0 Å². The Bertz CT molecular complexity index is 519. The minimum absolute atomic E-state index is 0.399. The zero-order valence-corrected chi connectivity index (χ0v) is 10.3. The maximum Gasteiger partial charge on any atom is 0.200 e. The molecule has 0 spiro atoms. The minimum Gasteiger partial charge on any atom is -0.378 e. The van der Waals surface area contributed by atoms with Crippen LogP contribution in [0.4, 0.5) is 0 Å². The summed E-state index contributed by atoms with van der Waals surface area (Å²) in [5.74, 6) is 0. The smallest absolute Gasteiger partial charge is 0.200 e. The second kappa shape index (κ2) is 2.94. The van der Waals surface area contributed by atoms with Crippen LogP contribution >= 0.6 is 23.4 Å². The third kappa shape index (κ3) is 1.12. The van der Waals surface area contributed by atoms with E-state index >= 15 is 0 Å². The zero-order chi connectivity index (χ0) is 11.6. The molecule has 5 heteroatoms. The van der Waals surface area contributed by atoms with Gasteiger partial charge in [0.25, 0.3) is 0 Å². The summed E-state index contributed by atoms with van der Waals surface area (Å²) in [5, 5.41) is 11.8. The number of hydrogen-bond donors (Lipinski definition) is 2. The number of nitrogens with zero attached hydrogens (tertiary/aromatic N) is 1. The highest BCUT2D eigenvalue weighted by atomic mass is 35.5. The fraction of sp³-hybridized carbons (Fsp3) is 0.364. The van der Waals surface area contributed by atoms with Crippen LogP contribution in [0, 0.1) is 0 Å². The maximum atomic E-state index is 10.7. The Morgan fingerprint density at radius 2 is 2.31 bits per heavy atom. The van der Waals surface area contributed by atoms with Gasteiger partial charge in [-0.15, -0.1) is 0 Å². The molecule has 84 valence electrons. The molecule has 0 radical (unpaired) electrons. The van der Waals surface area contributed by atoms with Crippen molar-refractivity contribution >= 4 is 28.5 Å². The van der Waals surface area contributed by atoms with Crippen LogP contribution in [0.15, 0.2) is 23.2 Å². The number of rotatable bonds is 0. The van der Waals surface area contributed by atoms with Gasteiger partial charge in [-0.2, -0.15) is 0 Å². The number of halogens is 1. The highest BCUT2D eigenvalue weighted by Gasteiger charge is 2.59. The van der Waals surface area contributed by atoms with Crippen molar-refractivity contribution in [1.29, 1.82) is 0 Å². The largest absolute Gasteiger partial charge is 0.378 e. The molecule has 16 heavy (non-hydrogen) atoms. The summed E-state index contributed by atoms with van der Waals surface area (Å²) in [4.78, 5) is 4.20. The lowest BCUT2D eigenvalue weighted by Gasteiger charge is -2.29. The van der Waals surface area contributed by atoms with Gasteiger partial charge in [0.1, 0.15) is 0 Å². The van der Waals surface area contributed by atoms with Crippen LogP contribution < -0.4 is 5.73 Å². The van der Waals surface area contributed by atoms with Gasteiger partial charge in [-0.3, -0.25) is 0 Å². The van der Waals surface area contributed by atoms with Crippen molar-refractivity contribution in [2.75, 3.05) is 0 Å². The number of benzene rings is 1. The number of aliphatic hydroxyl groups is 1. The maximum absolute atomic E-state index is 10.7. The molecule has 0 saturated carbocycles. The molecule has 3 rings (SSSR count). The molecule has 1 aliphatic carbocycles. The molecule has 0 fully saturated rings. The number of nitrogens with two attached hydrogens (primary N) is 1. The van der Waals surface area contributed by atoms with Gasteiger partial charge in [0, 0.05) is 10.6 Å². The van der Waals surface area contributed by atoms with Crippen molar-refractivity contribution in [1.82, 2.24) is 0 Å². The molecule has 2 aliphatic rings. The first-order valence-corrected chi connectivity index (χ1v) is 6.20. The molecule has 1 aromatic rings. The van der Waals surface area contributed by atoms with Gasteiger partial charge >= 0.3 is 0 Å². The molecule has 1 aromatic carbocycles. The second-order valence-corrected chi connectivity index (χ2v) is 6.39. The Hall–Kier alpha value is -0.710. The van der Waals surface area contributed by atoms with Gasteiger partial charge in [0.15, 0.2) is 5.17 Å².